The largest absolute Gasteiger partial charge is 0.352 e. The Labute approximate surface area is 247 Å². The van der Waals surface area contributed by atoms with Crippen molar-refractivity contribution in [1.29, 1.82) is 0 Å². The Kier molecular flexibility index (Phi) is 9.12. The highest BCUT2D eigenvalue weighted by Gasteiger charge is 2.28. The predicted octanol–water partition coefficient (Wildman–Crippen LogP) is 5.86. The molecule has 0 spiro atoms. The summed E-state index contributed by atoms with van der Waals surface area (Å²) in [4.78, 5) is 33.0. The van der Waals surface area contributed by atoms with E-state index >= 15 is 0 Å². The third-order valence-corrected chi connectivity index (χ3v) is 7.68. The minimum atomic E-state index is -0.208. The van der Waals surface area contributed by atoms with Gasteiger partial charge in [-0.1, -0.05) is 92.7 Å². The summed E-state index contributed by atoms with van der Waals surface area (Å²) in [5.74, 6) is 0.598. The third-order valence-electron chi connectivity index (χ3n) is 7.68. The molecule has 5 rings (SSSR count). The van der Waals surface area contributed by atoms with Gasteiger partial charge in [0.15, 0.2) is 0 Å². The van der Waals surface area contributed by atoms with Crippen LogP contribution in [-0.4, -0.2) is 46.5 Å². The van der Waals surface area contributed by atoms with E-state index < -0.39 is 0 Å². The number of rotatable bonds is 9. The highest BCUT2D eigenvalue weighted by molar-refractivity contribution is 6.04. The Balaban J connectivity index is 1.16. The standard InChI is InChI=1S/C34H39N5O3/c1-34(2,3)27-17-15-25(16-18-27)31-37-30(42-38-31)23-39-21-9-12-26(22-39)32(40)36-29-14-8-7-13-28(29)33(41)35-20-19-24-10-5-4-6-11-24/h4-8,10-11,13-18,26H,9,12,19-23H2,1-3H3,(H,35,41)(H,36,40). The Morgan fingerprint density at radius 3 is 2.48 bits per heavy atom. The van der Waals surface area contributed by atoms with Crippen molar-refractivity contribution in [2.24, 2.45) is 5.92 Å². The van der Waals surface area contributed by atoms with Crippen LogP contribution in [0.15, 0.2) is 83.4 Å². The van der Waals surface area contributed by atoms with Crippen LogP contribution in [0.1, 0.15) is 61.0 Å². The van der Waals surface area contributed by atoms with Crippen molar-refractivity contribution in [2.75, 3.05) is 25.0 Å². The summed E-state index contributed by atoms with van der Waals surface area (Å²) >= 11 is 0. The lowest BCUT2D eigenvalue weighted by molar-refractivity contribution is -0.121. The van der Waals surface area contributed by atoms with Crippen molar-refractivity contribution in [3.8, 4) is 11.4 Å². The number of benzene rings is 3. The maximum Gasteiger partial charge on any atom is 0.253 e. The summed E-state index contributed by atoms with van der Waals surface area (Å²) in [6.07, 6.45) is 2.40. The molecule has 0 saturated carbocycles. The Morgan fingerprint density at radius 1 is 0.976 bits per heavy atom. The fourth-order valence-corrected chi connectivity index (χ4v) is 5.25. The first-order valence-corrected chi connectivity index (χ1v) is 14.6. The molecule has 1 aliphatic rings. The first kappa shape index (κ1) is 29.2. The van der Waals surface area contributed by atoms with Crippen molar-refractivity contribution in [2.45, 2.75) is 52.0 Å². The van der Waals surface area contributed by atoms with Gasteiger partial charge in [0.1, 0.15) is 0 Å². The van der Waals surface area contributed by atoms with E-state index in [1.165, 1.54) is 5.56 Å². The maximum absolute atomic E-state index is 13.3. The molecule has 1 aromatic heterocycles. The van der Waals surface area contributed by atoms with E-state index in [0.717, 1.165) is 36.9 Å². The van der Waals surface area contributed by atoms with Crippen LogP contribution >= 0.6 is 0 Å². The Bertz CT molecular complexity index is 1490. The molecule has 0 bridgehead atoms. The first-order chi connectivity index (χ1) is 20.3. The number of nitrogens with zero attached hydrogens (tertiary/aromatic N) is 3. The number of carbonyl (C=O) groups excluding carboxylic acids is 2. The van der Waals surface area contributed by atoms with Gasteiger partial charge in [-0.05, 0) is 54.5 Å². The summed E-state index contributed by atoms with van der Waals surface area (Å²) in [7, 11) is 0. The first-order valence-electron chi connectivity index (χ1n) is 14.6. The van der Waals surface area contributed by atoms with Gasteiger partial charge in [-0.2, -0.15) is 4.98 Å². The summed E-state index contributed by atoms with van der Waals surface area (Å²) < 4.78 is 5.57. The molecule has 0 radical (unpaired) electrons. The van der Waals surface area contributed by atoms with Crippen LogP contribution in [0.5, 0.6) is 0 Å². The fraction of sp³-hybridized carbons (Fsp3) is 0.353. The lowest BCUT2D eigenvalue weighted by atomic mass is 9.87. The molecule has 1 aliphatic heterocycles. The molecule has 42 heavy (non-hydrogen) atoms. The monoisotopic (exact) mass is 565 g/mol. The highest BCUT2D eigenvalue weighted by atomic mass is 16.5. The molecule has 1 unspecified atom stereocenters. The number of aromatic nitrogens is 2. The van der Waals surface area contributed by atoms with Gasteiger partial charge < -0.3 is 15.2 Å². The third kappa shape index (κ3) is 7.50. The Morgan fingerprint density at radius 2 is 1.71 bits per heavy atom. The van der Waals surface area contributed by atoms with Gasteiger partial charge in [0.2, 0.25) is 17.6 Å². The quantitative estimate of drug-likeness (QED) is 0.264. The molecule has 2 heterocycles. The van der Waals surface area contributed by atoms with Crippen molar-refractivity contribution in [3.63, 3.8) is 0 Å². The van der Waals surface area contributed by atoms with Crippen LogP contribution < -0.4 is 10.6 Å². The lowest BCUT2D eigenvalue weighted by Gasteiger charge is -2.31. The number of hydrogen-bond donors (Lipinski definition) is 2. The zero-order chi connectivity index (χ0) is 29.5. The number of likely N-dealkylation sites (tertiary alicyclic amines) is 1. The molecular weight excluding hydrogens is 526 g/mol. The normalized spacial score (nSPS) is 15.7. The van der Waals surface area contributed by atoms with Gasteiger partial charge in [-0.3, -0.25) is 14.5 Å². The zero-order valence-electron chi connectivity index (χ0n) is 24.6. The summed E-state index contributed by atoms with van der Waals surface area (Å²) in [5.41, 5.74) is 4.38. The molecule has 1 saturated heterocycles. The molecule has 2 N–H and O–H groups in total. The SMILES string of the molecule is CC(C)(C)c1ccc(-c2noc(CN3CCCC(C(=O)Nc4ccccc4C(=O)NCCc4ccccc4)C3)n2)cc1. The van der Waals surface area contributed by atoms with Crippen LogP contribution in [0, 0.1) is 5.92 Å². The topological polar surface area (TPSA) is 100 Å². The molecule has 1 atom stereocenters. The number of nitrogens with one attached hydrogen (secondary N) is 2. The molecular formula is C34H39N5O3. The average Bonchev–Trinajstić information content (AvgIpc) is 3.46. The molecule has 0 aliphatic carbocycles. The number of para-hydroxylation sites is 1. The van der Waals surface area contributed by atoms with E-state index in [-0.39, 0.29) is 23.1 Å². The molecule has 1 fully saturated rings. The van der Waals surface area contributed by atoms with Crippen LogP contribution in [0.2, 0.25) is 0 Å². The van der Waals surface area contributed by atoms with Gasteiger partial charge in [0, 0.05) is 18.7 Å². The van der Waals surface area contributed by atoms with E-state index in [1.807, 2.05) is 54.6 Å². The van der Waals surface area contributed by atoms with Crippen LogP contribution in [-0.2, 0) is 23.2 Å². The number of carbonyl (C=O) groups is 2. The van der Waals surface area contributed by atoms with Crippen molar-refractivity contribution < 1.29 is 14.1 Å². The lowest BCUT2D eigenvalue weighted by Crippen LogP contribution is -2.40. The van der Waals surface area contributed by atoms with Gasteiger partial charge >= 0.3 is 0 Å². The smallest absolute Gasteiger partial charge is 0.253 e. The Hall–Kier alpha value is -4.30. The fourth-order valence-electron chi connectivity index (χ4n) is 5.25. The van der Waals surface area contributed by atoms with E-state index in [2.05, 4.69) is 58.6 Å². The second-order valence-corrected chi connectivity index (χ2v) is 11.9. The van der Waals surface area contributed by atoms with Gasteiger partial charge in [-0.25, -0.2) is 0 Å². The van der Waals surface area contributed by atoms with Crippen molar-refractivity contribution >= 4 is 17.5 Å². The molecule has 8 heteroatoms. The van der Waals surface area contributed by atoms with Crippen LogP contribution in [0.25, 0.3) is 11.4 Å². The summed E-state index contributed by atoms with van der Waals surface area (Å²) in [5, 5.41) is 10.2. The number of anilines is 1. The summed E-state index contributed by atoms with van der Waals surface area (Å²) in [6.45, 7) is 8.98. The zero-order valence-corrected chi connectivity index (χ0v) is 24.6. The van der Waals surface area contributed by atoms with E-state index in [9.17, 15) is 9.59 Å². The molecule has 2 amide bonds. The molecule has 8 nitrogen and oxygen atoms in total. The average molecular weight is 566 g/mol. The summed E-state index contributed by atoms with van der Waals surface area (Å²) in [6, 6.07) is 25.4. The molecule has 218 valence electrons. The van der Waals surface area contributed by atoms with Gasteiger partial charge in [0.05, 0.1) is 23.7 Å². The van der Waals surface area contributed by atoms with Crippen molar-refractivity contribution in [1.82, 2.24) is 20.4 Å². The van der Waals surface area contributed by atoms with E-state index in [0.29, 0.717) is 42.6 Å². The van der Waals surface area contributed by atoms with E-state index in [4.69, 9.17) is 4.52 Å². The van der Waals surface area contributed by atoms with Crippen LogP contribution in [0.3, 0.4) is 0 Å². The van der Waals surface area contributed by atoms with Gasteiger partial charge in [0.25, 0.3) is 5.91 Å². The number of piperidine rings is 1. The minimum absolute atomic E-state index is 0.0784. The number of amides is 2. The van der Waals surface area contributed by atoms with E-state index in [1.54, 1.807) is 12.1 Å². The second-order valence-electron chi connectivity index (χ2n) is 11.9. The number of hydrogen-bond acceptors (Lipinski definition) is 6. The maximum atomic E-state index is 13.3. The second kappa shape index (κ2) is 13.1. The molecule has 4 aromatic rings. The van der Waals surface area contributed by atoms with Crippen molar-refractivity contribution in [3.05, 3.63) is 101 Å². The highest BCUT2D eigenvalue weighted by Crippen LogP contribution is 2.26. The van der Waals surface area contributed by atoms with Gasteiger partial charge in [-0.15, -0.1) is 0 Å². The minimum Gasteiger partial charge on any atom is -0.352 e. The van der Waals surface area contributed by atoms with Crippen LogP contribution in [0.4, 0.5) is 5.69 Å². The predicted molar refractivity (Wildman–Crippen MR) is 164 cm³/mol. The molecule has 3 aromatic carbocycles.